The molecule has 3 aromatic carbocycles. The minimum absolute atomic E-state index is 0.230. The number of hydrogen-bond donors (Lipinski definition) is 1. The molecule has 34 heavy (non-hydrogen) atoms. The van der Waals surface area contributed by atoms with Gasteiger partial charge in [0.2, 0.25) is 0 Å². The van der Waals surface area contributed by atoms with E-state index in [-0.39, 0.29) is 11.7 Å². The van der Waals surface area contributed by atoms with Crippen LogP contribution in [0.1, 0.15) is 47.1 Å². The summed E-state index contributed by atoms with van der Waals surface area (Å²) in [5.74, 6) is 1.60. The van der Waals surface area contributed by atoms with E-state index < -0.39 is 0 Å². The molecule has 1 heterocycles. The van der Waals surface area contributed by atoms with E-state index in [9.17, 15) is 9.18 Å². The topological polar surface area (TPSA) is 56.1 Å². The van der Waals surface area contributed by atoms with Gasteiger partial charge in [-0.1, -0.05) is 38.1 Å². The number of nitrogens with one attached hydrogen (secondary N) is 1. The van der Waals surface area contributed by atoms with Crippen LogP contribution >= 0.6 is 0 Å². The van der Waals surface area contributed by atoms with Crippen LogP contribution in [0.5, 0.6) is 5.75 Å². The average Bonchev–Trinajstić information content (AvgIpc) is 3.17. The SMILES string of the molecule is Cc1ccc(C(C)C)c(OCCn2c(CCNC(=O)c3ccc(F)cc3)nc3ccccc32)c1. The Morgan fingerprint density at radius 2 is 1.85 bits per heavy atom. The maximum Gasteiger partial charge on any atom is 0.251 e. The molecule has 1 amide bonds. The maximum absolute atomic E-state index is 13.1. The molecule has 0 saturated heterocycles. The van der Waals surface area contributed by atoms with Gasteiger partial charge in [-0.25, -0.2) is 9.37 Å². The highest BCUT2D eigenvalue weighted by molar-refractivity contribution is 5.94. The number of amides is 1. The normalized spacial score (nSPS) is 11.2. The Morgan fingerprint density at radius 3 is 2.62 bits per heavy atom. The number of benzene rings is 3. The second-order valence-corrected chi connectivity index (χ2v) is 8.73. The first-order valence-corrected chi connectivity index (χ1v) is 11.6. The third-order valence-electron chi connectivity index (χ3n) is 5.84. The van der Waals surface area contributed by atoms with Crippen molar-refractivity contribution >= 4 is 16.9 Å². The molecule has 0 bridgehead atoms. The molecule has 0 aliphatic carbocycles. The predicted octanol–water partition coefficient (Wildman–Crippen LogP) is 5.66. The number of imidazole rings is 1. The Bertz CT molecular complexity index is 1280. The summed E-state index contributed by atoms with van der Waals surface area (Å²) in [6.07, 6.45) is 0.573. The standard InChI is InChI=1S/C28H30FN3O2/c1-19(2)23-13-8-20(3)18-26(23)34-17-16-32-25-7-5-4-6-24(25)31-27(32)14-15-30-28(33)21-9-11-22(29)12-10-21/h4-13,18-19H,14-17H2,1-3H3,(H,30,33). The largest absolute Gasteiger partial charge is 0.491 e. The fourth-order valence-electron chi connectivity index (χ4n) is 4.05. The molecule has 0 atom stereocenters. The quantitative estimate of drug-likeness (QED) is 0.351. The second kappa shape index (κ2) is 10.5. The summed E-state index contributed by atoms with van der Waals surface area (Å²) in [4.78, 5) is 17.2. The van der Waals surface area contributed by atoms with Gasteiger partial charge in [-0.2, -0.15) is 0 Å². The third kappa shape index (κ3) is 5.45. The summed E-state index contributed by atoms with van der Waals surface area (Å²) in [6, 6.07) is 19.9. The highest BCUT2D eigenvalue weighted by Gasteiger charge is 2.13. The van der Waals surface area contributed by atoms with Crippen LogP contribution in [0.3, 0.4) is 0 Å². The van der Waals surface area contributed by atoms with Crippen LogP contribution in [0.2, 0.25) is 0 Å². The van der Waals surface area contributed by atoms with Crippen molar-refractivity contribution in [2.45, 2.75) is 39.7 Å². The Labute approximate surface area is 199 Å². The number of rotatable bonds is 9. The molecule has 4 aromatic rings. The van der Waals surface area contributed by atoms with E-state index in [1.165, 1.54) is 35.4 Å². The van der Waals surface area contributed by atoms with E-state index in [4.69, 9.17) is 9.72 Å². The summed E-state index contributed by atoms with van der Waals surface area (Å²) < 4.78 is 21.5. The number of fused-ring (bicyclic) bond motifs is 1. The van der Waals surface area contributed by atoms with Crippen molar-refractivity contribution in [2.75, 3.05) is 13.2 Å². The first-order chi connectivity index (χ1) is 16.4. The minimum Gasteiger partial charge on any atom is -0.491 e. The smallest absolute Gasteiger partial charge is 0.251 e. The number of nitrogens with zero attached hydrogens (tertiary/aromatic N) is 2. The highest BCUT2D eigenvalue weighted by atomic mass is 19.1. The highest BCUT2D eigenvalue weighted by Crippen LogP contribution is 2.27. The van der Waals surface area contributed by atoms with E-state index in [0.29, 0.717) is 37.6 Å². The van der Waals surface area contributed by atoms with E-state index in [1.54, 1.807) is 0 Å². The fourth-order valence-corrected chi connectivity index (χ4v) is 4.05. The molecule has 0 aliphatic heterocycles. The van der Waals surface area contributed by atoms with E-state index >= 15 is 0 Å². The summed E-state index contributed by atoms with van der Waals surface area (Å²) in [6.45, 7) is 7.98. The second-order valence-electron chi connectivity index (χ2n) is 8.73. The first kappa shape index (κ1) is 23.5. The Kier molecular flexibility index (Phi) is 7.26. The van der Waals surface area contributed by atoms with Gasteiger partial charge in [-0.3, -0.25) is 4.79 Å². The van der Waals surface area contributed by atoms with Gasteiger partial charge in [0.15, 0.2) is 0 Å². The van der Waals surface area contributed by atoms with Gasteiger partial charge in [0.05, 0.1) is 17.6 Å². The molecule has 5 nitrogen and oxygen atoms in total. The molecule has 0 radical (unpaired) electrons. The van der Waals surface area contributed by atoms with Gasteiger partial charge in [0, 0.05) is 18.5 Å². The lowest BCUT2D eigenvalue weighted by Crippen LogP contribution is -2.26. The molecule has 6 heteroatoms. The lowest BCUT2D eigenvalue weighted by molar-refractivity contribution is 0.0954. The van der Waals surface area contributed by atoms with E-state index in [0.717, 1.165) is 22.6 Å². The maximum atomic E-state index is 13.1. The molecule has 1 N–H and O–H groups in total. The molecule has 0 spiro atoms. The molecule has 0 fully saturated rings. The van der Waals surface area contributed by atoms with Crippen LogP contribution in [0.4, 0.5) is 4.39 Å². The fraction of sp³-hybridized carbons (Fsp3) is 0.286. The molecule has 0 saturated carbocycles. The van der Waals surface area contributed by atoms with Crippen LogP contribution in [0.15, 0.2) is 66.7 Å². The number of halogens is 1. The van der Waals surface area contributed by atoms with Gasteiger partial charge in [0.25, 0.3) is 5.91 Å². The summed E-state index contributed by atoms with van der Waals surface area (Å²) in [5, 5.41) is 2.90. The van der Waals surface area contributed by atoms with Crippen LogP contribution in [-0.4, -0.2) is 28.6 Å². The van der Waals surface area contributed by atoms with Crippen molar-refractivity contribution in [3.8, 4) is 5.75 Å². The number of carbonyl (C=O) groups is 1. The van der Waals surface area contributed by atoms with Gasteiger partial charge in [-0.05, 0) is 66.4 Å². The van der Waals surface area contributed by atoms with Crippen LogP contribution in [0.25, 0.3) is 11.0 Å². The molecular formula is C28H30FN3O2. The Hall–Kier alpha value is -3.67. The molecule has 0 aliphatic rings. The average molecular weight is 460 g/mol. The zero-order valence-electron chi connectivity index (χ0n) is 19.8. The zero-order valence-corrected chi connectivity index (χ0v) is 19.8. The monoisotopic (exact) mass is 459 g/mol. The van der Waals surface area contributed by atoms with Gasteiger partial charge >= 0.3 is 0 Å². The van der Waals surface area contributed by atoms with Crippen molar-refractivity contribution in [3.63, 3.8) is 0 Å². The summed E-state index contributed by atoms with van der Waals surface area (Å²) in [5.41, 5.74) is 4.76. The van der Waals surface area contributed by atoms with Crippen LogP contribution < -0.4 is 10.1 Å². The van der Waals surface area contributed by atoms with Gasteiger partial charge in [0.1, 0.15) is 24.0 Å². The Balaban J connectivity index is 1.45. The summed E-state index contributed by atoms with van der Waals surface area (Å²) >= 11 is 0. The molecule has 4 rings (SSSR count). The number of carbonyl (C=O) groups excluding carboxylic acids is 1. The number of aromatic nitrogens is 2. The number of hydrogen-bond acceptors (Lipinski definition) is 3. The van der Waals surface area contributed by atoms with E-state index in [1.807, 2.05) is 18.2 Å². The van der Waals surface area contributed by atoms with Gasteiger partial charge in [-0.15, -0.1) is 0 Å². The van der Waals surface area contributed by atoms with E-state index in [2.05, 4.69) is 54.9 Å². The number of ether oxygens (including phenoxy) is 1. The number of aryl methyl sites for hydroxylation is 1. The van der Waals surface area contributed by atoms with Crippen molar-refractivity contribution in [1.82, 2.24) is 14.9 Å². The van der Waals surface area contributed by atoms with Crippen molar-refractivity contribution in [2.24, 2.45) is 0 Å². The lowest BCUT2D eigenvalue weighted by Gasteiger charge is -2.16. The Morgan fingerprint density at radius 1 is 1.09 bits per heavy atom. The van der Waals surface area contributed by atoms with Crippen molar-refractivity contribution < 1.29 is 13.9 Å². The third-order valence-corrected chi connectivity index (χ3v) is 5.84. The molecular weight excluding hydrogens is 429 g/mol. The van der Waals surface area contributed by atoms with Crippen molar-refractivity contribution in [3.05, 3.63) is 95.1 Å². The van der Waals surface area contributed by atoms with Crippen molar-refractivity contribution in [1.29, 1.82) is 0 Å². The lowest BCUT2D eigenvalue weighted by atomic mass is 10.0. The van der Waals surface area contributed by atoms with Gasteiger partial charge < -0.3 is 14.6 Å². The number of para-hydroxylation sites is 2. The van der Waals surface area contributed by atoms with Crippen LogP contribution in [0, 0.1) is 12.7 Å². The predicted molar refractivity (Wildman–Crippen MR) is 133 cm³/mol. The summed E-state index contributed by atoms with van der Waals surface area (Å²) in [7, 11) is 0. The molecule has 176 valence electrons. The minimum atomic E-state index is -0.362. The molecule has 0 unspecified atom stereocenters. The van der Waals surface area contributed by atoms with Crippen LogP contribution in [-0.2, 0) is 13.0 Å². The zero-order chi connectivity index (χ0) is 24.1. The first-order valence-electron chi connectivity index (χ1n) is 11.6. The molecule has 1 aromatic heterocycles.